The van der Waals surface area contributed by atoms with Gasteiger partial charge in [0.05, 0.1) is 19.0 Å². The molecule has 1 rings (SSSR count). The van der Waals surface area contributed by atoms with Gasteiger partial charge in [-0.05, 0) is 39.8 Å². The van der Waals surface area contributed by atoms with Gasteiger partial charge in [-0.3, -0.25) is 0 Å². The Balaban J connectivity index is 2.61. The Hall–Kier alpha value is -0.866. The van der Waals surface area contributed by atoms with Crippen LogP contribution in [0.4, 0.5) is 0 Å². The normalized spacial score (nSPS) is 11.3. The molecule has 0 fully saturated rings. The summed E-state index contributed by atoms with van der Waals surface area (Å²) in [5.41, 5.74) is 2.92. The van der Waals surface area contributed by atoms with Crippen molar-refractivity contribution in [1.82, 2.24) is 0 Å². The molecule has 0 aliphatic heterocycles. The molecule has 0 saturated heterocycles. The minimum Gasteiger partial charge on any atom is -0.0887 e. The monoisotopic (exact) mass is 274 g/mol. The van der Waals surface area contributed by atoms with Crippen LogP contribution in [0, 0.1) is 0 Å². The van der Waals surface area contributed by atoms with Crippen LogP contribution in [-0.4, -0.2) is 19.0 Å². The first-order valence-corrected chi connectivity index (χ1v) is 10.3. The van der Waals surface area contributed by atoms with Crippen LogP contribution in [0.1, 0.15) is 27.7 Å². The quantitative estimate of drug-likeness (QED) is 0.550. The lowest BCUT2D eigenvalue weighted by Crippen LogP contribution is -2.35. The second-order valence-corrected chi connectivity index (χ2v) is 9.09. The van der Waals surface area contributed by atoms with Crippen molar-refractivity contribution in [3.8, 4) is 0 Å². The zero-order valence-electron chi connectivity index (χ0n) is 12.3. The van der Waals surface area contributed by atoms with Crippen LogP contribution in [-0.2, 0) is 0 Å². The number of hydrogen-bond acceptors (Lipinski definition) is 0. The van der Waals surface area contributed by atoms with Crippen LogP contribution in [0.3, 0.4) is 0 Å². The maximum atomic E-state index is 2.40. The number of rotatable bonds is 6. The van der Waals surface area contributed by atoms with Gasteiger partial charge in [0.25, 0.3) is 0 Å². The van der Waals surface area contributed by atoms with E-state index in [-0.39, 0.29) is 19.0 Å². The van der Waals surface area contributed by atoms with Crippen molar-refractivity contribution >= 4 is 29.4 Å². The fourth-order valence-corrected chi connectivity index (χ4v) is 6.69. The van der Waals surface area contributed by atoms with Gasteiger partial charge >= 0.3 is 0 Å². The number of benzene rings is 1. The Morgan fingerprint density at radius 1 is 0.833 bits per heavy atom. The van der Waals surface area contributed by atoms with Crippen LogP contribution >= 0.6 is 0 Å². The average molecular weight is 275 g/mol. The van der Waals surface area contributed by atoms with Crippen molar-refractivity contribution in [3.63, 3.8) is 0 Å². The van der Waals surface area contributed by atoms with Gasteiger partial charge in [0.1, 0.15) is 0 Å². The van der Waals surface area contributed by atoms with E-state index in [2.05, 4.69) is 64.1 Å². The minimum absolute atomic E-state index is 0.0928. The molecular weight excluding hydrogens is 248 g/mol. The predicted octanol–water partition coefficient (Wildman–Crippen LogP) is 2.04. The van der Waals surface area contributed by atoms with E-state index < -0.39 is 0 Å². The second-order valence-electron chi connectivity index (χ2n) is 5.41. The summed E-state index contributed by atoms with van der Waals surface area (Å²) >= 11 is 0. The summed E-state index contributed by atoms with van der Waals surface area (Å²) in [6, 6.07) is 11.8. The standard InChI is InChI=1S/C16H26Si2/c1-13(2)9-11-17-15-7-5-6-8-16(15)18-12-10-14(3)4/h5-10H,11-12,17-18H2,1-4H3. The Labute approximate surface area is 117 Å². The summed E-state index contributed by atoms with van der Waals surface area (Å²) in [6.07, 6.45) is 4.81. The summed E-state index contributed by atoms with van der Waals surface area (Å²) < 4.78 is 0. The second kappa shape index (κ2) is 8.27. The van der Waals surface area contributed by atoms with Crippen molar-refractivity contribution in [3.05, 3.63) is 47.6 Å². The Kier molecular flexibility index (Phi) is 6.98. The van der Waals surface area contributed by atoms with Crippen LogP contribution in [0.2, 0.25) is 12.1 Å². The molecule has 1 aromatic rings. The fraction of sp³-hybridized carbons (Fsp3) is 0.375. The topological polar surface area (TPSA) is 0 Å². The highest BCUT2D eigenvalue weighted by Crippen LogP contribution is 1.95. The van der Waals surface area contributed by atoms with E-state index in [1.54, 1.807) is 10.4 Å². The largest absolute Gasteiger partial charge is 0.0887 e. The van der Waals surface area contributed by atoms with Crippen molar-refractivity contribution in [2.24, 2.45) is 0 Å². The summed E-state index contributed by atoms with van der Waals surface area (Å²) in [6.45, 7) is 8.79. The molecule has 0 amide bonds. The lowest BCUT2D eigenvalue weighted by atomic mass is 10.3. The van der Waals surface area contributed by atoms with Crippen LogP contribution in [0.25, 0.3) is 0 Å². The number of hydrogen-bond donors (Lipinski definition) is 0. The van der Waals surface area contributed by atoms with Gasteiger partial charge in [-0.2, -0.15) is 0 Å². The van der Waals surface area contributed by atoms with E-state index in [0.29, 0.717) is 0 Å². The number of allylic oxidation sites excluding steroid dienone is 4. The molecule has 18 heavy (non-hydrogen) atoms. The first-order chi connectivity index (χ1) is 8.59. The Morgan fingerprint density at radius 2 is 1.22 bits per heavy atom. The zero-order chi connectivity index (χ0) is 13.4. The van der Waals surface area contributed by atoms with Crippen molar-refractivity contribution in [1.29, 1.82) is 0 Å². The van der Waals surface area contributed by atoms with Crippen molar-refractivity contribution in [2.75, 3.05) is 0 Å². The van der Waals surface area contributed by atoms with E-state index in [9.17, 15) is 0 Å². The highest BCUT2D eigenvalue weighted by Gasteiger charge is 2.01. The fourth-order valence-electron chi connectivity index (χ4n) is 2.08. The molecule has 2 heteroatoms. The molecule has 0 nitrogen and oxygen atoms in total. The SMILES string of the molecule is CC(C)=CC[SiH2]c1ccccc1[SiH2]CC=C(C)C. The summed E-state index contributed by atoms with van der Waals surface area (Å²) in [4.78, 5) is 0. The Bertz CT molecular complexity index is 381. The van der Waals surface area contributed by atoms with E-state index in [0.717, 1.165) is 0 Å². The molecule has 0 aromatic heterocycles. The van der Waals surface area contributed by atoms with Crippen LogP contribution in [0.15, 0.2) is 47.6 Å². The van der Waals surface area contributed by atoms with E-state index in [1.165, 1.54) is 23.2 Å². The van der Waals surface area contributed by atoms with Gasteiger partial charge < -0.3 is 0 Å². The molecule has 0 unspecified atom stereocenters. The average Bonchev–Trinajstić information content (AvgIpc) is 2.30. The van der Waals surface area contributed by atoms with Crippen molar-refractivity contribution in [2.45, 2.75) is 39.8 Å². The van der Waals surface area contributed by atoms with Gasteiger partial charge in [-0.15, -0.1) is 0 Å². The first-order valence-electron chi connectivity index (χ1n) is 6.93. The van der Waals surface area contributed by atoms with Gasteiger partial charge in [0, 0.05) is 0 Å². The summed E-state index contributed by atoms with van der Waals surface area (Å²) in [5.74, 6) is 0. The molecule has 98 valence electrons. The smallest absolute Gasteiger partial charge is 0.0582 e. The van der Waals surface area contributed by atoms with E-state index in [1.807, 2.05) is 0 Å². The molecule has 0 N–H and O–H groups in total. The maximum Gasteiger partial charge on any atom is 0.0582 e. The lowest BCUT2D eigenvalue weighted by molar-refractivity contribution is 1.36. The van der Waals surface area contributed by atoms with Gasteiger partial charge in [-0.25, -0.2) is 0 Å². The zero-order valence-corrected chi connectivity index (χ0v) is 15.1. The molecule has 0 spiro atoms. The van der Waals surface area contributed by atoms with Crippen LogP contribution in [0.5, 0.6) is 0 Å². The highest BCUT2D eigenvalue weighted by atomic mass is 28.2. The van der Waals surface area contributed by atoms with Gasteiger partial charge in [0.2, 0.25) is 0 Å². The molecular formula is C16H26Si2. The lowest BCUT2D eigenvalue weighted by Gasteiger charge is -2.07. The Morgan fingerprint density at radius 3 is 1.56 bits per heavy atom. The van der Waals surface area contributed by atoms with Gasteiger partial charge in [-0.1, -0.05) is 57.9 Å². The predicted molar refractivity (Wildman–Crippen MR) is 91.3 cm³/mol. The molecule has 0 radical (unpaired) electrons. The summed E-state index contributed by atoms with van der Waals surface area (Å²) in [5, 5.41) is 3.42. The van der Waals surface area contributed by atoms with E-state index in [4.69, 9.17) is 0 Å². The molecule has 0 atom stereocenters. The third-order valence-electron chi connectivity index (χ3n) is 3.05. The first kappa shape index (κ1) is 15.2. The third-order valence-corrected chi connectivity index (χ3v) is 7.16. The minimum atomic E-state index is -0.0928. The maximum absolute atomic E-state index is 2.40. The third kappa shape index (κ3) is 6.17. The van der Waals surface area contributed by atoms with E-state index >= 15 is 0 Å². The molecule has 0 saturated carbocycles. The highest BCUT2D eigenvalue weighted by molar-refractivity contribution is 6.66. The molecule has 0 aliphatic carbocycles. The van der Waals surface area contributed by atoms with Crippen LogP contribution < -0.4 is 10.4 Å². The molecule has 0 bridgehead atoms. The molecule has 1 aromatic carbocycles. The summed E-state index contributed by atoms with van der Waals surface area (Å²) in [7, 11) is -0.186. The molecule has 0 heterocycles. The van der Waals surface area contributed by atoms with Crippen molar-refractivity contribution < 1.29 is 0 Å². The van der Waals surface area contributed by atoms with Gasteiger partial charge in [0.15, 0.2) is 0 Å². The molecule has 0 aliphatic rings.